The summed E-state index contributed by atoms with van der Waals surface area (Å²) in [4.78, 5) is 15.6. The van der Waals surface area contributed by atoms with Gasteiger partial charge in [-0.2, -0.15) is 0 Å². The first-order chi connectivity index (χ1) is 11.1. The molecule has 3 rings (SSSR count). The minimum Gasteiger partial charge on any atom is -0.465 e. The molecule has 1 saturated heterocycles. The van der Waals surface area contributed by atoms with E-state index in [1.165, 1.54) is 4.90 Å². The molecule has 0 aromatic heterocycles. The quantitative estimate of drug-likeness (QED) is 0.934. The predicted molar refractivity (Wildman–Crippen MR) is 92.9 cm³/mol. The highest BCUT2D eigenvalue weighted by Gasteiger charge is 2.26. The summed E-state index contributed by atoms with van der Waals surface area (Å²) >= 11 is 0. The molecule has 4 heteroatoms. The van der Waals surface area contributed by atoms with Gasteiger partial charge in [-0.25, -0.2) is 4.79 Å². The van der Waals surface area contributed by atoms with Crippen LogP contribution in [0.25, 0.3) is 11.1 Å². The second-order valence-corrected chi connectivity index (χ2v) is 6.19. The minimum atomic E-state index is -0.886. The van der Waals surface area contributed by atoms with Crippen LogP contribution >= 0.6 is 0 Å². The summed E-state index contributed by atoms with van der Waals surface area (Å²) in [6.07, 6.45) is 0.163. The van der Waals surface area contributed by atoms with Crippen molar-refractivity contribution in [2.45, 2.75) is 6.42 Å². The third kappa shape index (κ3) is 3.54. The van der Waals surface area contributed by atoms with Crippen molar-refractivity contribution in [1.82, 2.24) is 4.90 Å². The summed E-state index contributed by atoms with van der Waals surface area (Å²) in [5.74, 6) is 0.389. The number of amides is 1. The molecule has 2 aromatic carbocycles. The number of hydrogen-bond acceptors (Lipinski definition) is 2. The Balaban J connectivity index is 1.92. The van der Waals surface area contributed by atoms with Crippen molar-refractivity contribution in [2.24, 2.45) is 5.92 Å². The number of rotatable bonds is 4. The van der Waals surface area contributed by atoms with Gasteiger partial charge in [0.1, 0.15) is 0 Å². The Morgan fingerprint density at radius 1 is 1.17 bits per heavy atom. The monoisotopic (exact) mass is 310 g/mol. The van der Waals surface area contributed by atoms with E-state index in [4.69, 9.17) is 0 Å². The van der Waals surface area contributed by atoms with E-state index in [1.807, 2.05) is 54.6 Å². The Morgan fingerprint density at radius 3 is 2.52 bits per heavy atom. The van der Waals surface area contributed by atoms with Gasteiger partial charge in [0, 0.05) is 18.7 Å². The molecule has 0 radical (unpaired) electrons. The number of carbonyl (C=O) groups is 1. The Kier molecular flexibility index (Phi) is 4.63. The lowest BCUT2D eigenvalue weighted by Crippen LogP contribution is -2.35. The van der Waals surface area contributed by atoms with Crippen LogP contribution in [0.3, 0.4) is 0 Å². The molecule has 2 aromatic rings. The van der Waals surface area contributed by atoms with Crippen LogP contribution in [0.4, 0.5) is 10.5 Å². The number of likely N-dealkylation sites (tertiary alicyclic amines) is 1. The fourth-order valence-corrected chi connectivity index (χ4v) is 3.28. The van der Waals surface area contributed by atoms with E-state index in [9.17, 15) is 9.90 Å². The highest BCUT2D eigenvalue weighted by atomic mass is 16.4. The lowest BCUT2D eigenvalue weighted by molar-refractivity contribution is 0.200. The summed E-state index contributed by atoms with van der Waals surface area (Å²) in [5.41, 5.74) is 2.76. The maximum Gasteiger partial charge on any atom is 0.411 e. The van der Waals surface area contributed by atoms with Crippen LogP contribution in [-0.4, -0.2) is 42.8 Å². The van der Waals surface area contributed by atoms with Crippen molar-refractivity contribution in [3.8, 4) is 11.1 Å². The summed E-state index contributed by atoms with van der Waals surface area (Å²) in [5, 5.41) is 9.74. The van der Waals surface area contributed by atoms with E-state index in [2.05, 4.69) is 11.9 Å². The largest absolute Gasteiger partial charge is 0.465 e. The summed E-state index contributed by atoms with van der Waals surface area (Å²) in [6.45, 7) is 2.54. The summed E-state index contributed by atoms with van der Waals surface area (Å²) in [7, 11) is 2.09. The van der Waals surface area contributed by atoms with E-state index < -0.39 is 6.09 Å². The van der Waals surface area contributed by atoms with Gasteiger partial charge in [0.15, 0.2) is 0 Å². The molecule has 1 fully saturated rings. The van der Waals surface area contributed by atoms with E-state index in [1.54, 1.807) is 0 Å². The molecular formula is C19H22N2O2. The zero-order valence-corrected chi connectivity index (χ0v) is 13.4. The van der Waals surface area contributed by atoms with Crippen LogP contribution in [0.15, 0.2) is 54.6 Å². The standard InChI is InChI=1S/C19H22N2O2/c1-20-12-11-15(13-20)14-21(19(22)23)18-10-6-5-9-17(18)16-7-3-2-4-8-16/h2-10,15H,11-14H2,1H3,(H,22,23)/t15-/m0/s1. The number of carboxylic acid groups (broad SMARTS) is 1. The van der Waals surface area contributed by atoms with Crippen molar-refractivity contribution >= 4 is 11.8 Å². The topological polar surface area (TPSA) is 43.8 Å². The van der Waals surface area contributed by atoms with Gasteiger partial charge in [-0.1, -0.05) is 48.5 Å². The molecule has 0 unspecified atom stereocenters. The lowest BCUT2D eigenvalue weighted by atomic mass is 10.0. The molecule has 1 N–H and O–H groups in total. The highest BCUT2D eigenvalue weighted by Crippen LogP contribution is 2.32. The molecule has 1 atom stereocenters. The zero-order chi connectivity index (χ0) is 16.2. The first kappa shape index (κ1) is 15.6. The van der Waals surface area contributed by atoms with E-state index in [0.29, 0.717) is 12.5 Å². The lowest BCUT2D eigenvalue weighted by Gasteiger charge is -2.25. The van der Waals surface area contributed by atoms with Crippen molar-refractivity contribution in [1.29, 1.82) is 0 Å². The average molecular weight is 310 g/mol. The third-order valence-corrected chi connectivity index (χ3v) is 4.44. The summed E-state index contributed by atoms with van der Waals surface area (Å²) in [6, 6.07) is 17.7. The van der Waals surface area contributed by atoms with Crippen molar-refractivity contribution < 1.29 is 9.90 Å². The van der Waals surface area contributed by atoms with E-state index >= 15 is 0 Å². The number of para-hydroxylation sites is 1. The first-order valence-corrected chi connectivity index (χ1v) is 7.98. The Bertz CT molecular complexity index is 672. The van der Waals surface area contributed by atoms with Crippen LogP contribution in [-0.2, 0) is 0 Å². The molecule has 1 heterocycles. The van der Waals surface area contributed by atoms with Crippen molar-refractivity contribution in [3.63, 3.8) is 0 Å². The smallest absolute Gasteiger partial charge is 0.411 e. The fraction of sp³-hybridized carbons (Fsp3) is 0.316. The Labute approximate surface area is 137 Å². The average Bonchev–Trinajstić information content (AvgIpc) is 2.98. The minimum absolute atomic E-state index is 0.389. The van der Waals surface area contributed by atoms with Gasteiger partial charge in [-0.3, -0.25) is 4.90 Å². The maximum atomic E-state index is 11.9. The van der Waals surface area contributed by atoms with Gasteiger partial charge >= 0.3 is 6.09 Å². The molecule has 1 amide bonds. The molecule has 1 aliphatic heterocycles. The molecule has 0 bridgehead atoms. The van der Waals surface area contributed by atoms with Crippen LogP contribution in [0.2, 0.25) is 0 Å². The second kappa shape index (κ2) is 6.84. The number of anilines is 1. The third-order valence-electron chi connectivity index (χ3n) is 4.44. The Morgan fingerprint density at radius 2 is 1.87 bits per heavy atom. The molecule has 23 heavy (non-hydrogen) atoms. The molecule has 120 valence electrons. The van der Waals surface area contributed by atoms with Gasteiger partial charge in [0.2, 0.25) is 0 Å². The number of benzene rings is 2. The molecule has 1 aliphatic rings. The van der Waals surface area contributed by atoms with Gasteiger partial charge in [-0.05, 0) is 37.6 Å². The van der Waals surface area contributed by atoms with Gasteiger partial charge in [0.05, 0.1) is 5.69 Å². The molecule has 4 nitrogen and oxygen atoms in total. The molecule has 0 saturated carbocycles. The zero-order valence-electron chi connectivity index (χ0n) is 13.4. The maximum absolute atomic E-state index is 11.9. The molecular weight excluding hydrogens is 288 g/mol. The van der Waals surface area contributed by atoms with Crippen LogP contribution < -0.4 is 4.90 Å². The number of nitrogens with zero attached hydrogens (tertiary/aromatic N) is 2. The highest BCUT2D eigenvalue weighted by molar-refractivity contribution is 5.92. The van der Waals surface area contributed by atoms with Gasteiger partial charge in [-0.15, -0.1) is 0 Å². The first-order valence-electron chi connectivity index (χ1n) is 7.98. The molecule has 0 aliphatic carbocycles. The second-order valence-electron chi connectivity index (χ2n) is 6.19. The van der Waals surface area contributed by atoms with Crippen LogP contribution in [0, 0.1) is 5.92 Å². The SMILES string of the molecule is CN1CC[C@H](CN(C(=O)O)c2ccccc2-c2ccccc2)C1. The normalized spacial score (nSPS) is 18.0. The van der Waals surface area contributed by atoms with Crippen LogP contribution in [0.5, 0.6) is 0 Å². The molecule has 0 spiro atoms. The predicted octanol–water partition coefficient (Wildman–Crippen LogP) is 3.79. The van der Waals surface area contributed by atoms with Gasteiger partial charge < -0.3 is 10.0 Å². The number of hydrogen-bond donors (Lipinski definition) is 1. The van der Waals surface area contributed by atoms with Crippen molar-refractivity contribution in [2.75, 3.05) is 31.6 Å². The summed E-state index contributed by atoms with van der Waals surface area (Å²) < 4.78 is 0. The van der Waals surface area contributed by atoms with Gasteiger partial charge in [0.25, 0.3) is 0 Å². The van der Waals surface area contributed by atoms with E-state index in [-0.39, 0.29) is 0 Å². The fourth-order valence-electron chi connectivity index (χ4n) is 3.28. The van der Waals surface area contributed by atoms with Crippen molar-refractivity contribution in [3.05, 3.63) is 54.6 Å². The van der Waals surface area contributed by atoms with Crippen LogP contribution in [0.1, 0.15) is 6.42 Å². The Hall–Kier alpha value is -2.33. The van der Waals surface area contributed by atoms with E-state index in [0.717, 1.165) is 36.3 Å².